The standard InChI is InChI=1S/C40H52N7O9S2/c1-29(2)56-31-10-8-30(9-11-31)45-21-16-39(37(45)48)17-24-47(25-18-39,58(52,53)44-22-26-55-27-23-44)32-6-4-5-7-33(32)57(50,51)36-28-40(14-19-41-20-15-40)38(49)46(36)34-12-13-35(54-3)43-42-34/h4-13,29,36,41H,14-28H2,1-3H3/q+1. The van der Waals surface area contributed by atoms with Gasteiger partial charge in [0.05, 0.1) is 37.3 Å². The average molecular weight is 839 g/mol. The third kappa shape index (κ3) is 6.74. The van der Waals surface area contributed by atoms with E-state index < -0.39 is 40.1 Å². The molecule has 5 aliphatic rings. The van der Waals surface area contributed by atoms with E-state index >= 15 is 16.8 Å². The third-order valence-corrected chi connectivity index (χ3v) is 17.3. The van der Waals surface area contributed by atoms with Crippen molar-refractivity contribution in [2.45, 2.75) is 68.7 Å². The molecular formula is C40H52N7O9S2+. The largest absolute Gasteiger partial charge is 0.491 e. The van der Waals surface area contributed by atoms with E-state index in [9.17, 15) is 9.59 Å². The Hall–Kier alpha value is -4.20. The van der Waals surface area contributed by atoms with E-state index in [2.05, 4.69) is 15.5 Å². The van der Waals surface area contributed by atoms with E-state index in [0.29, 0.717) is 44.6 Å². The average Bonchev–Trinajstić information content (AvgIpc) is 3.71. The van der Waals surface area contributed by atoms with E-state index in [1.54, 1.807) is 23.1 Å². The van der Waals surface area contributed by atoms with Crippen LogP contribution in [0.3, 0.4) is 0 Å². The summed E-state index contributed by atoms with van der Waals surface area (Å²) >= 11 is 0. The SMILES string of the molecule is COc1ccc(N2C(=O)C3(CCNCC3)CC2S(=O)(=O)c2ccccc2[N+]2(S(=O)(=O)N3CCOCC3)CCC3(CCN(c4ccc(OC(C)C)cc4)C3=O)CC2)nn1. The Labute approximate surface area is 340 Å². The molecule has 0 aliphatic carbocycles. The van der Waals surface area contributed by atoms with Gasteiger partial charge in [0.15, 0.2) is 11.5 Å². The van der Waals surface area contributed by atoms with E-state index in [4.69, 9.17) is 14.2 Å². The first-order valence-corrected chi connectivity index (χ1v) is 23.0. The number of quaternary nitrogens is 1. The van der Waals surface area contributed by atoms with Gasteiger partial charge in [-0.05, 0) is 89.0 Å². The molecule has 2 spiro atoms. The number of carbonyl (C=O) groups excluding carboxylic acids is 2. The van der Waals surface area contributed by atoms with Crippen molar-refractivity contribution in [3.63, 3.8) is 0 Å². The van der Waals surface area contributed by atoms with Crippen LogP contribution in [0.15, 0.2) is 65.6 Å². The van der Waals surface area contributed by atoms with Crippen LogP contribution in [0.1, 0.15) is 52.4 Å². The molecule has 8 rings (SSSR count). The second-order valence-electron chi connectivity index (χ2n) is 16.3. The fraction of sp³-hybridized carbons (Fsp3) is 0.550. The van der Waals surface area contributed by atoms with E-state index in [1.807, 2.05) is 38.1 Å². The molecule has 1 atom stereocenters. The van der Waals surface area contributed by atoms with E-state index in [-0.39, 0.29) is 98.9 Å². The molecule has 1 aromatic heterocycles. The van der Waals surface area contributed by atoms with E-state index in [1.165, 1.54) is 34.5 Å². The van der Waals surface area contributed by atoms with Crippen LogP contribution in [0, 0.1) is 10.8 Å². The van der Waals surface area contributed by atoms with Crippen LogP contribution in [0.5, 0.6) is 11.6 Å². The van der Waals surface area contributed by atoms with Crippen LogP contribution in [0.25, 0.3) is 0 Å². The lowest BCUT2D eigenvalue weighted by Gasteiger charge is -2.47. The summed E-state index contributed by atoms with van der Waals surface area (Å²) in [6, 6.07) is 16.7. The Morgan fingerprint density at radius 2 is 1.52 bits per heavy atom. The molecule has 0 bridgehead atoms. The molecule has 312 valence electrons. The predicted octanol–water partition coefficient (Wildman–Crippen LogP) is 3.28. The maximum atomic E-state index is 15.4. The molecule has 5 aliphatic heterocycles. The van der Waals surface area contributed by atoms with Gasteiger partial charge in [-0.15, -0.1) is 10.2 Å². The first kappa shape index (κ1) is 40.6. The number of hydrogen-bond donors (Lipinski definition) is 1. The van der Waals surface area contributed by atoms with Gasteiger partial charge >= 0.3 is 10.2 Å². The summed E-state index contributed by atoms with van der Waals surface area (Å²) < 4.78 is 78.5. The molecule has 1 unspecified atom stereocenters. The number of benzene rings is 2. The molecule has 1 N–H and O–H groups in total. The van der Waals surface area contributed by atoms with Crippen molar-refractivity contribution in [2.24, 2.45) is 10.8 Å². The second kappa shape index (κ2) is 15.4. The van der Waals surface area contributed by atoms with Gasteiger partial charge in [0.2, 0.25) is 27.5 Å². The number of rotatable bonds is 10. The summed E-state index contributed by atoms with van der Waals surface area (Å²) in [6.07, 6.45) is 1.87. The van der Waals surface area contributed by atoms with Crippen molar-refractivity contribution < 1.29 is 40.6 Å². The first-order chi connectivity index (χ1) is 27.8. The van der Waals surface area contributed by atoms with Crippen LogP contribution in [0.4, 0.5) is 17.2 Å². The van der Waals surface area contributed by atoms with Crippen molar-refractivity contribution in [3.8, 4) is 11.6 Å². The van der Waals surface area contributed by atoms with Gasteiger partial charge in [-0.1, -0.05) is 12.1 Å². The smallest absolute Gasteiger partial charge is 0.377 e. The zero-order valence-corrected chi connectivity index (χ0v) is 34.8. The number of carbonyl (C=O) groups is 2. The number of nitrogens with zero attached hydrogens (tertiary/aromatic N) is 6. The minimum Gasteiger partial charge on any atom is -0.491 e. The molecule has 0 radical (unpaired) electrons. The molecule has 3 aromatic rings. The highest BCUT2D eigenvalue weighted by molar-refractivity contribution is 7.92. The highest BCUT2D eigenvalue weighted by Gasteiger charge is 2.62. The topological polar surface area (TPSA) is 178 Å². The lowest BCUT2D eigenvalue weighted by molar-refractivity contribution is -0.127. The Kier molecular flexibility index (Phi) is 10.8. The maximum absolute atomic E-state index is 15.4. The number of sulfone groups is 1. The zero-order valence-electron chi connectivity index (χ0n) is 33.2. The fourth-order valence-corrected chi connectivity index (χ4v) is 13.9. The number of para-hydroxylation sites is 1. The number of ether oxygens (including phenoxy) is 3. The molecule has 0 saturated carbocycles. The van der Waals surface area contributed by atoms with Gasteiger partial charge in [0, 0.05) is 50.3 Å². The normalized spacial score (nSPS) is 26.9. The molecule has 16 nitrogen and oxygen atoms in total. The Morgan fingerprint density at radius 3 is 2.16 bits per heavy atom. The molecule has 6 heterocycles. The monoisotopic (exact) mass is 838 g/mol. The van der Waals surface area contributed by atoms with Crippen LogP contribution in [-0.2, 0) is 34.4 Å². The number of anilines is 2. The van der Waals surface area contributed by atoms with Crippen molar-refractivity contribution in [1.82, 2.24) is 23.7 Å². The number of piperidine rings is 2. The number of aromatic nitrogens is 2. The van der Waals surface area contributed by atoms with Crippen molar-refractivity contribution in [2.75, 3.05) is 75.9 Å². The van der Waals surface area contributed by atoms with Gasteiger partial charge in [-0.3, -0.25) is 14.5 Å². The molecule has 5 fully saturated rings. The van der Waals surface area contributed by atoms with Gasteiger partial charge in [-0.25, -0.2) is 8.42 Å². The minimum atomic E-state index is -4.49. The zero-order chi connectivity index (χ0) is 40.9. The Bertz CT molecular complexity index is 2240. The molecule has 58 heavy (non-hydrogen) atoms. The lowest BCUT2D eigenvalue weighted by Crippen LogP contribution is -2.66. The van der Waals surface area contributed by atoms with Crippen LogP contribution < -0.4 is 28.5 Å². The van der Waals surface area contributed by atoms with Crippen LogP contribution in [0.2, 0.25) is 0 Å². The first-order valence-electron chi connectivity index (χ1n) is 20.1. The lowest BCUT2D eigenvalue weighted by atomic mass is 9.77. The summed E-state index contributed by atoms with van der Waals surface area (Å²) in [4.78, 5) is 31.7. The predicted molar refractivity (Wildman–Crippen MR) is 216 cm³/mol. The minimum absolute atomic E-state index is 0.00508. The molecule has 2 aromatic carbocycles. The molecule has 2 amide bonds. The highest BCUT2D eigenvalue weighted by atomic mass is 32.2. The van der Waals surface area contributed by atoms with Crippen molar-refractivity contribution in [1.29, 1.82) is 0 Å². The summed E-state index contributed by atoms with van der Waals surface area (Å²) in [5.41, 5.74) is -0.942. The number of nitrogens with one attached hydrogen (secondary N) is 1. The number of amides is 2. The van der Waals surface area contributed by atoms with Gasteiger partial charge in [0.25, 0.3) is 0 Å². The third-order valence-electron chi connectivity index (χ3n) is 12.8. The maximum Gasteiger partial charge on any atom is 0.377 e. The number of hydrogen-bond acceptors (Lipinski definition) is 12. The van der Waals surface area contributed by atoms with Crippen LogP contribution in [-0.4, -0.2) is 121 Å². The molecule has 18 heteroatoms. The van der Waals surface area contributed by atoms with E-state index in [0.717, 1.165) is 5.69 Å². The van der Waals surface area contributed by atoms with Gasteiger partial charge in [0.1, 0.15) is 29.1 Å². The highest BCUT2D eigenvalue weighted by Crippen LogP contribution is 2.52. The van der Waals surface area contributed by atoms with Crippen LogP contribution >= 0.6 is 0 Å². The summed E-state index contributed by atoms with van der Waals surface area (Å²) in [5.74, 6) is 0.562. The summed E-state index contributed by atoms with van der Waals surface area (Å²) in [6.45, 7) is 6.04. The summed E-state index contributed by atoms with van der Waals surface area (Å²) in [7, 11) is -7.35. The fourth-order valence-electron chi connectivity index (χ4n) is 9.58. The second-order valence-corrected chi connectivity index (χ2v) is 20.5. The van der Waals surface area contributed by atoms with Gasteiger partial charge in [-0.2, -0.15) is 16.6 Å². The van der Waals surface area contributed by atoms with Crippen molar-refractivity contribution in [3.05, 3.63) is 60.7 Å². The Balaban J connectivity index is 1.18. The molecular weight excluding hydrogens is 787 g/mol. The Morgan fingerprint density at radius 1 is 0.828 bits per heavy atom. The van der Waals surface area contributed by atoms with Crippen molar-refractivity contribution >= 4 is 49.1 Å². The number of morpholine rings is 1. The molecule has 5 saturated heterocycles. The summed E-state index contributed by atoms with van der Waals surface area (Å²) in [5, 5.41) is 10.2. The number of methoxy groups -OCH3 is 1. The quantitative estimate of drug-likeness (QED) is 0.296. The van der Waals surface area contributed by atoms with Gasteiger partial charge < -0.3 is 24.4 Å².